The molecule has 0 saturated carbocycles. The first kappa shape index (κ1) is 22.6. The van der Waals surface area contributed by atoms with Gasteiger partial charge in [0.25, 0.3) is 0 Å². The molecule has 0 spiro atoms. The fraction of sp³-hybridized carbons (Fsp3) is 0.308. The highest BCUT2D eigenvalue weighted by molar-refractivity contribution is 8.03. The number of hydrogen-bond acceptors (Lipinski definition) is 4. The molecular formula is C26H28O2S2. The molecule has 30 heavy (non-hydrogen) atoms. The van der Waals surface area contributed by atoms with Gasteiger partial charge in [0.05, 0.1) is 0 Å². The first-order valence-corrected chi connectivity index (χ1v) is 12.3. The number of thioether (sulfide) groups is 2. The average molecular weight is 437 g/mol. The second-order valence-electron chi connectivity index (χ2n) is 7.70. The topological polar surface area (TPSA) is 34.1 Å². The molecule has 2 unspecified atom stereocenters. The second kappa shape index (κ2) is 11.4. The summed E-state index contributed by atoms with van der Waals surface area (Å²) in [6, 6.07) is 18.6. The van der Waals surface area contributed by atoms with Crippen molar-refractivity contribution in [2.45, 2.75) is 37.3 Å². The molecule has 0 aliphatic heterocycles. The van der Waals surface area contributed by atoms with E-state index in [9.17, 15) is 9.59 Å². The van der Waals surface area contributed by atoms with Crippen LogP contribution in [0, 0.1) is 11.8 Å². The maximum Gasteiger partial charge on any atom is 0.144 e. The maximum absolute atomic E-state index is 13.0. The Bertz CT molecular complexity index is 931. The van der Waals surface area contributed by atoms with Crippen LogP contribution in [0.2, 0.25) is 0 Å². The Morgan fingerprint density at radius 2 is 1.77 bits per heavy atom. The van der Waals surface area contributed by atoms with Crippen molar-refractivity contribution >= 4 is 35.1 Å². The number of carbonyl (C=O) groups is 2. The van der Waals surface area contributed by atoms with Crippen LogP contribution in [0.4, 0.5) is 0 Å². The molecule has 2 nitrogen and oxygen atoms in total. The maximum atomic E-state index is 13.0. The first-order valence-electron chi connectivity index (χ1n) is 10.3. The van der Waals surface area contributed by atoms with Gasteiger partial charge in [0.15, 0.2) is 0 Å². The third-order valence-corrected chi connectivity index (χ3v) is 7.10. The van der Waals surface area contributed by atoms with E-state index in [0.29, 0.717) is 12.8 Å². The quantitative estimate of drug-likeness (QED) is 0.398. The van der Waals surface area contributed by atoms with E-state index in [1.165, 1.54) is 15.4 Å². The molecule has 2 aromatic rings. The third kappa shape index (κ3) is 7.03. The third-order valence-electron chi connectivity index (χ3n) is 5.05. The predicted octanol–water partition coefficient (Wildman–Crippen LogP) is 6.51. The standard InChI is InChI=1S/C26H28O2S2/c1-19-15-24(30-23-9-4-3-5-10-23)11-12-25(19)26(28)17-21-7-6-8-22(16-21)18-29-14-13-20(2)27/h3-12,15-16,19,25H,13-14,17-18H2,1-2H3. The Hall–Kier alpha value is -2.04. The highest BCUT2D eigenvalue weighted by atomic mass is 32.2. The summed E-state index contributed by atoms with van der Waals surface area (Å²) < 4.78 is 0. The van der Waals surface area contributed by atoms with Gasteiger partial charge in [-0.15, -0.1) is 0 Å². The van der Waals surface area contributed by atoms with Crippen molar-refractivity contribution in [3.63, 3.8) is 0 Å². The molecule has 2 aromatic carbocycles. The van der Waals surface area contributed by atoms with Gasteiger partial charge >= 0.3 is 0 Å². The van der Waals surface area contributed by atoms with Crippen molar-refractivity contribution in [3.05, 3.63) is 88.9 Å². The molecule has 0 aromatic heterocycles. The van der Waals surface area contributed by atoms with Gasteiger partial charge in [-0.25, -0.2) is 0 Å². The van der Waals surface area contributed by atoms with Crippen LogP contribution >= 0.6 is 23.5 Å². The number of benzene rings is 2. The van der Waals surface area contributed by atoms with Crippen molar-refractivity contribution in [1.29, 1.82) is 0 Å². The van der Waals surface area contributed by atoms with Crippen molar-refractivity contribution in [2.75, 3.05) is 5.75 Å². The number of hydrogen-bond donors (Lipinski definition) is 0. The van der Waals surface area contributed by atoms with E-state index in [1.807, 2.05) is 30.3 Å². The lowest BCUT2D eigenvalue weighted by molar-refractivity contribution is -0.121. The van der Waals surface area contributed by atoms with Gasteiger partial charge in [-0.3, -0.25) is 9.59 Å². The zero-order chi connectivity index (χ0) is 21.3. The Morgan fingerprint density at radius 3 is 2.50 bits per heavy atom. The lowest BCUT2D eigenvalue weighted by atomic mass is 9.84. The molecular weight excluding hydrogens is 408 g/mol. The van der Waals surface area contributed by atoms with E-state index in [2.05, 4.69) is 49.4 Å². The van der Waals surface area contributed by atoms with Gasteiger partial charge < -0.3 is 0 Å². The number of rotatable bonds is 10. The Labute approximate surface area is 188 Å². The van der Waals surface area contributed by atoms with Crippen molar-refractivity contribution in [2.24, 2.45) is 11.8 Å². The van der Waals surface area contributed by atoms with Crippen LogP contribution in [-0.2, 0) is 21.8 Å². The Kier molecular flexibility index (Phi) is 8.59. The highest BCUT2D eigenvalue weighted by Crippen LogP contribution is 2.34. The summed E-state index contributed by atoms with van der Waals surface area (Å²) in [5.74, 6) is 2.34. The first-order chi connectivity index (χ1) is 14.5. The van der Waals surface area contributed by atoms with Crippen LogP contribution in [0.3, 0.4) is 0 Å². The van der Waals surface area contributed by atoms with Crippen LogP contribution in [-0.4, -0.2) is 17.3 Å². The van der Waals surface area contributed by atoms with Crippen molar-refractivity contribution in [3.8, 4) is 0 Å². The summed E-state index contributed by atoms with van der Waals surface area (Å²) in [5.41, 5.74) is 2.28. The smallest absolute Gasteiger partial charge is 0.144 e. The van der Waals surface area contributed by atoms with Gasteiger partial charge in [-0.1, -0.05) is 79.4 Å². The number of ketones is 2. The van der Waals surface area contributed by atoms with Crippen molar-refractivity contribution in [1.82, 2.24) is 0 Å². The van der Waals surface area contributed by atoms with E-state index in [1.54, 1.807) is 30.4 Å². The lowest BCUT2D eigenvalue weighted by Gasteiger charge is -2.22. The minimum atomic E-state index is -0.0706. The largest absolute Gasteiger partial charge is 0.300 e. The van der Waals surface area contributed by atoms with Gasteiger partial charge in [0, 0.05) is 40.1 Å². The van der Waals surface area contributed by atoms with E-state index in [0.717, 1.165) is 17.1 Å². The minimum Gasteiger partial charge on any atom is -0.300 e. The fourth-order valence-electron chi connectivity index (χ4n) is 3.44. The summed E-state index contributed by atoms with van der Waals surface area (Å²) >= 11 is 3.50. The van der Waals surface area contributed by atoms with Crippen LogP contribution in [0.15, 0.2) is 82.6 Å². The lowest BCUT2D eigenvalue weighted by Crippen LogP contribution is -2.22. The Balaban J connectivity index is 1.54. The monoisotopic (exact) mass is 436 g/mol. The minimum absolute atomic E-state index is 0.0706. The van der Waals surface area contributed by atoms with E-state index >= 15 is 0 Å². The summed E-state index contributed by atoms with van der Waals surface area (Å²) in [5, 5.41) is 0. The molecule has 0 saturated heterocycles. The average Bonchev–Trinajstić information content (AvgIpc) is 2.72. The summed E-state index contributed by atoms with van der Waals surface area (Å²) in [6.45, 7) is 3.76. The molecule has 4 heteroatoms. The second-order valence-corrected chi connectivity index (χ2v) is 9.95. The summed E-state index contributed by atoms with van der Waals surface area (Å²) in [6.07, 6.45) is 7.44. The van der Waals surface area contributed by atoms with Crippen LogP contribution in [0.1, 0.15) is 31.4 Å². The zero-order valence-corrected chi connectivity index (χ0v) is 19.2. The molecule has 0 N–H and O–H groups in total. The molecule has 0 radical (unpaired) electrons. The van der Waals surface area contributed by atoms with Crippen LogP contribution in [0.5, 0.6) is 0 Å². The molecule has 2 atom stereocenters. The molecule has 1 aliphatic rings. The SMILES string of the molecule is CC(=O)CCSCc1cccc(CC(=O)C2C=CC(Sc3ccccc3)=CC2C)c1. The van der Waals surface area contributed by atoms with Crippen molar-refractivity contribution < 1.29 is 9.59 Å². The number of allylic oxidation sites excluding steroid dienone is 3. The zero-order valence-electron chi connectivity index (χ0n) is 17.5. The van der Waals surface area contributed by atoms with E-state index in [-0.39, 0.29) is 23.4 Å². The highest BCUT2D eigenvalue weighted by Gasteiger charge is 2.24. The van der Waals surface area contributed by atoms with Gasteiger partial charge in [0.1, 0.15) is 11.6 Å². The van der Waals surface area contributed by atoms with Crippen LogP contribution < -0.4 is 0 Å². The van der Waals surface area contributed by atoms with Gasteiger partial charge in [0.2, 0.25) is 0 Å². The van der Waals surface area contributed by atoms with Crippen LogP contribution in [0.25, 0.3) is 0 Å². The molecule has 0 fully saturated rings. The van der Waals surface area contributed by atoms with E-state index < -0.39 is 0 Å². The molecule has 156 valence electrons. The molecule has 0 heterocycles. The number of carbonyl (C=O) groups excluding carboxylic acids is 2. The normalized spacial score (nSPS) is 18.1. The molecule has 0 bridgehead atoms. The Morgan fingerprint density at radius 1 is 1.00 bits per heavy atom. The summed E-state index contributed by atoms with van der Waals surface area (Å²) in [7, 11) is 0. The van der Waals surface area contributed by atoms with E-state index in [4.69, 9.17) is 0 Å². The molecule has 3 rings (SSSR count). The molecule has 1 aliphatic carbocycles. The van der Waals surface area contributed by atoms with Gasteiger partial charge in [-0.2, -0.15) is 11.8 Å². The van der Waals surface area contributed by atoms with Gasteiger partial charge in [-0.05, 0) is 36.1 Å². The molecule has 0 amide bonds. The fourth-order valence-corrected chi connectivity index (χ4v) is 5.43. The predicted molar refractivity (Wildman–Crippen MR) is 129 cm³/mol. The summed E-state index contributed by atoms with van der Waals surface area (Å²) in [4.78, 5) is 26.4. The number of Topliss-reactive ketones (excluding diaryl/α,β-unsaturated/α-hetero) is 2.